The molecule has 0 unspecified atom stereocenters. The van der Waals surface area contributed by atoms with Crippen molar-refractivity contribution < 1.29 is 13.2 Å². The zero-order valence-corrected chi connectivity index (χ0v) is 12.5. The Balaban J connectivity index is 2.38. The zero-order valence-electron chi connectivity index (χ0n) is 10.1. The summed E-state index contributed by atoms with van der Waals surface area (Å²) in [7, 11) is 0. The third-order valence-electron chi connectivity index (χ3n) is 2.46. The van der Waals surface area contributed by atoms with Crippen molar-refractivity contribution in [3.05, 3.63) is 52.1 Å². The van der Waals surface area contributed by atoms with Crippen LogP contribution < -0.4 is 5.73 Å². The lowest BCUT2D eigenvalue weighted by molar-refractivity contribution is -0.141. The van der Waals surface area contributed by atoms with Gasteiger partial charge in [0.2, 0.25) is 0 Å². The second kappa shape index (κ2) is 6.15. The van der Waals surface area contributed by atoms with Crippen molar-refractivity contribution in [2.24, 2.45) is 5.73 Å². The summed E-state index contributed by atoms with van der Waals surface area (Å²) in [5, 5.41) is 0.278. The Morgan fingerprint density at radius 3 is 2.55 bits per heavy atom. The molecular formula is C13H10BrF3N2S. The van der Waals surface area contributed by atoms with Crippen LogP contribution >= 0.6 is 27.7 Å². The van der Waals surface area contributed by atoms with E-state index in [-0.39, 0.29) is 11.6 Å². The number of pyridine rings is 1. The van der Waals surface area contributed by atoms with Gasteiger partial charge in [0.25, 0.3) is 0 Å². The lowest BCUT2D eigenvalue weighted by Gasteiger charge is -2.11. The first-order valence-electron chi connectivity index (χ1n) is 5.61. The molecule has 0 atom stereocenters. The molecule has 0 saturated carbocycles. The molecule has 1 heterocycles. The van der Waals surface area contributed by atoms with E-state index in [2.05, 4.69) is 20.9 Å². The lowest BCUT2D eigenvalue weighted by atomic mass is 10.2. The molecule has 0 aliphatic heterocycles. The number of aromatic nitrogens is 1. The van der Waals surface area contributed by atoms with Crippen LogP contribution in [0.4, 0.5) is 13.2 Å². The molecule has 106 valence electrons. The molecule has 2 N–H and O–H groups in total. The molecule has 0 saturated heterocycles. The summed E-state index contributed by atoms with van der Waals surface area (Å²) in [6.45, 7) is 0.140. The summed E-state index contributed by atoms with van der Waals surface area (Å²) < 4.78 is 38.9. The number of hydrogen-bond donors (Lipinski definition) is 1. The fraction of sp³-hybridized carbons (Fsp3) is 0.154. The first kappa shape index (κ1) is 15.3. The van der Waals surface area contributed by atoms with Crippen molar-refractivity contribution in [3.63, 3.8) is 0 Å². The summed E-state index contributed by atoms with van der Waals surface area (Å²) in [6.07, 6.45) is -4.46. The van der Waals surface area contributed by atoms with Crippen molar-refractivity contribution in [2.45, 2.75) is 22.6 Å². The molecule has 2 aromatic rings. The molecule has 0 radical (unpaired) electrons. The number of benzene rings is 1. The van der Waals surface area contributed by atoms with E-state index in [0.29, 0.717) is 5.56 Å². The van der Waals surface area contributed by atoms with Crippen LogP contribution in [0.2, 0.25) is 0 Å². The summed E-state index contributed by atoms with van der Waals surface area (Å²) in [5.74, 6) is 0. The van der Waals surface area contributed by atoms with E-state index >= 15 is 0 Å². The van der Waals surface area contributed by atoms with Crippen LogP contribution in [0.3, 0.4) is 0 Å². The van der Waals surface area contributed by atoms with Crippen LogP contribution in [0, 0.1) is 0 Å². The third-order valence-corrected chi connectivity index (χ3v) is 3.99. The molecule has 0 spiro atoms. The fourth-order valence-corrected chi connectivity index (χ4v) is 3.05. The molecule has 0 amide bonds. The van der Waals surface area contributed by atoms with Gasteiger partial charge >= 0.3 is 6.18 Å². The molecule has 0 fully saturated rings. The van der Waals surface area contributed by atoms with Crippen molar-refractivity contribution in [3.8, 4) is 0 Å². The van der Waals surface area contributed by atoms with Gasteiger partial charge in [-0.3, -0.25) is 0 Å². The summed E-state index contributed by atoms with van der Waals surface area (Å²) >= 11 is 4.48. The maximum absolute atomic E-state index is 12.7. The van der Waals surface area contributed by atoms with Gasteiger partial charge < -0.3 is 5.73 Å². The maximum Gasteiger partial charge on any atom is 0.433 e. The van der Waals surface area contributed by atoms with Crippen LogP contribution in [-0.4, -0.2) is 4.98 Å². The van der Waals surface area contributed by atoms with Crippen LogP contribution in [-0.2, 0) is 12.7 Å². The Hall–Kier alpha value is -1.05. The predicted molar refractivity (Wildman–Crippen MR) is 75.4 cm³/mol. The fourth-order valence-electron chi connectivity index (χ4n) is 1.51. The van der Waals surface area contributed by atoms with E-state index in [0.717, 1.165) is 27.2 Å². The van der Waals surface area contributed by atoms with Gasteiger partial charge in [0.05, 0.1) is 0 Å². The van der Waals surface area contributed by atoms with Crippen LogP contribution in [0.15, 0.2) is 50.8 Å². The highest BCUT2D eigenvalue weighted by molar-refractivity contribution is 9.10. The van der Waals surface area contributed by atoms with Gasteiger partial charge in [-0.2, -0.15) is 13.2 Å². The summed E-state index contributed by atoms with van der Waals surface area (Å²) in [6, 6.07) is 9.59. The van der Waals surface area contributed by atoms with Crippen molar-refractivity contribution in [1.29, 1.82) is 0 Å². The van der Waals surface area contributed by atoms with E-state index in [1.807, 2.05) is 18.2 Å². The molecule has 2 rings (SSSR count). The molecule has 1 aromatic heterocycles. The van der Waals surface area contributed by atoms with E-state index in [9.17, 15) is 13.2 Å². The second-order valence-electron chi connectivity index (χ2n) is 3.92. The topological polar surface area (TPSA) is 38.9 Å². The first-order chi connectivity index (χ1) is 9.40. The molecule has 20 heavy (non-hydrogen) atoms. The third kappa shape index (κ3) is 3.74. The number of hydrogen-bond acceptors (Lipinski definition) is 3. The normalized spacial score (nSPS) is 11.7. The van der Waals surface area contributed by atoms with Crippen LogP contribution in [0.5, 0.6) is 0 Å². The van der Waals surface area contributed by atoms with Gasteiger partial charge in [-0.15, -0.1) is 0 Å². The van der Waals surface area contributed by atoms with E-state index < -0.39 is 11.9 Å². The summed E-state index contributed by atoms with van der Waals surface area (Å²) in [5.41, 5.74) is 5.23. The van der Waals surface area contributed by atoms with Crippen molar-refractivity contribution >= 4 is 27.7 Å². The molecular weight excluding hydrogens is 353 g/mol. The van der Waals surface area contributed by atoms with Gasteiger partial charge in [-0.1, -0.05) is 39.8 Å². The Morgan fingerprint density at radius 2 is 1.95 bits per heavy atom. The van der Waals surface area contributed by atoms with Gasteiger partial charge in [0.15, 0.2) is 0 Å². The molecule has 1 aromatic carbocycles. The highest BCUT2D eigenvalue weighted by atomic mass is 79.9. The molecule has 0 aliphatic rings. The smallest absolute Gasteiger partial charge is 0.326 e. The van der Waals surface area contributed by atoms with Gasteiger partial charge in [-0.25, -0.2) is 4.98 Å². The average Bonchev–Trinajstić information content (AvgIpc) is 2.37. The van der Waals surface area contributed by atoms with Gasteiger partial charge in [-0.05, 0) is 29.8 Å². The Morgan fingerprint density at radius 1 is 1.20 bits per heavy atom. The highest BCUT2D eigenvalue weighted by Crippen LogP contribution is 2.34. The highest BCUT2D eigenvalue weighted by Gasteiger charge is 2.33. The van der Waals surface area contributed by atoms with Gasteiger partial charge in [0.1, 0.15) is 10.7 Å². The average molecular weight is 363 g/mol. The van der Waals surface area contributed by atoms with E-state index in [1.165, 1.54) is 6.07 Å². The Labute approximate surface area is 126 Å². The number of nitrogens with zero attached hydrogens (tertiary/aromatic N) is 1. The second-order valence-corrected chi connectivity index (χ2v) is 5.90. The SMILES string of the molecule is NCc1ccc(C(F)(F)F)nc1Sc1cccc(Br)c1. The van der Waals surface area contributed by atoms with Crippen LogP contribution in [0.25, 0.3) is 0 Å². The standard InChI is InChI=1S/C13H10BrF3N2S/c14-9-2-1-3-10(6-9)20-12-8(7-18)4-5-11(19-12)13(15,16)17/h1-6H,7,18H2. The van der Waals surface area contributed by atoms with Crippen molar-refractivity contribution in [1.82, 2.24) is 4.98 Å². The monoisotopic (exact) mass is 362 g/mol. The zero-order chi connectivity index (χ0) is 14.8. The van der Waals surface area contributed by atoms with E-state index in [1.54, 1.807) is 6.07 Å². The molecule has 0 bridgehead atoms. The first-order valence-corrected chi connectivity index (χ1v) is 7.21. The molecule has 2 nitrogen and oxygen atoms in total. The minimum atomic E-state index is -4.46. The number of alkyl halides is 3. The number of nitrogens with two attached hydrogens (primary N) is 1. The predicted octanol–water partition coefficient (Wildman–Crippen LogP) is 4.47. The van der Waals surface area contributed by atoms with Crippen LogP contribution in [0.1, 0.15) is 11.3 Å². The van der Waals surface area contributed by atoms with E-state index in [4.69, 9.17) is 5.73 Å². The Kier molecular flexibility index (Phi) is 4.72. The van der Waals surface area contributed by atoms with Gasteiger partial charge in [0, 0.05) is 15.9 Å². The van der Waals surface area contributed by atoms with Crippen molar-refractivity contribution in [2.75, 3.05) is 0 Å². The largest absolute Gasteiger partial charge is 0.433 e. The lowest BCUT2D eigenvalue weighted by Crippen LogP contribution is -2.10. The molecule has 7 heteroatoms. The summed E-state index contributed by atoms with van der Waals surface area (Å²) in [4.78, 5) is 4.47. The quantitative estimate of drug-likeness (QED) is 0.875. The number of halogens is 4. The Bertz CT molecular complexity index is 617. The molecule has 0 aliphatic carbocycles. The minimum Gasteiger partial charge on any atom is -0.326 e. The minimum absolute atomic E-state index is 0.140. The number of rotatable bonds is 3. The maximum atomic E-state index is 12.7.